The zero-order valence-corrected chi connectivity index (χ0v) is 18.6. The number of carbonyl (C=O) groups is 1. The third-order valence-electron chi connectivity index (χ3n) is 8.60. The van der Waals surface area contributed by atoms with E-state index in [2.05, 4.69) is 13.8 Å². The molecule has 1 aliphatic heterocycles. The van der Waals surface area contributed by atoms with Gasteiger partial charge in [-0.3, -0.25) is 4.79 Å². The molecule has 1 saturated heterocycles. The summed E-state index contributed by atoms with van der Waals surface area (Å²) in [5.74, 6) is 0.410. The van der Waals surface area contributed by atoms with E-state index < -0.39 is 6.10 Å². The number of aliphatic hydroxyl groups excluding tert-OH is 3. The summed E-state index contributed by atoms with van der Waals surface area (Å²) in [5, 5.41) is 30.6. The molecule has 1 heterocycles. The van der Waals surface area contributed by atoms with Crippen LogP contribution in [-0.2, 0) is 9.53 Å². The lowest BCUT2D eigenvalue weighted by molar-refractivity contribution is -0.112. The number of aliphatic hydroxyl groups is 3. The molecule has 7 atom stereocenters. The minimum absolute atomic E-state index is 0.0183. The van der Waals surface area contributed by atoms with E-state index in [0.717, 1.165) is 36.8 Å². The lowest BCUT2D eigenvalue weighted by Crippen LogP contribution is -2.46. The summed E-state index contributed by atoms with van der Waals surface area (Å²) >= 11 is 0. The maximum Gasteiger partial charge on any atom is 0.182 e. The van der Waals surface area contributed by atoms with Crippen LogP contribution in [0.15, 0.2) is 34.4 Å². The zero-order valence-electron chi connectivity index (χ0n) is 18.6. The Morgan fingerprint density at radius 3 is 2.70 bits per heavy atom. The van der Waals surface area contributed by atoms with Gasteiger partial charge in [0.15, 0.2) is 5.78 Å². The first kappa shape index (κ1) is 21.9. The molecule has 0 radical (unpaired) electrons. The Labute approximate surface area is 179 Å². The maximum atomic E-state index is 12.7. The smallest absolute Gasteiger partial charge is 0.182 e. The maximum absolute atomic E-state index is 12.7. The van der Waals surface area contributed by atoms with Crippen LogP contribution in [0.4, 0.5) is 0 Å². The van der Waals surface area contributed by atoms with Crippen LogP contribution in [0.25, 0.3) is 0 Å². The number of fused-ring (bicyclic) bond motifs is 3. The van der Waals surface area contributed by atoms with E-state index in [9.17, 15) is 20.1 Å². The first-order valence-corrected chi connectivity index (χ1v) is 11.4. The van der Waals surface area contributed by atoms with Crippen molar-refractivity contribution >= 4 is 5.78 Å². The first-order chi connectivity index (χ1) is 14.1. The fourth-order valence-corrected chi connectivity index (χ4v) is 6.98. The van der Waals surface area contributed by atoms with Crippen LogP contribution in [0.3, 0.4) is 0 Å². The van der Waals surface area contributed by atoms with Crippen molar-refractivity contribution in [3.05, 3.63) is 34.4 Å². The molecule has 1 spiro atoms. The molecule has 1 saturated carbocycles. The SMILES string of the molecule is CC(=CC1CC(C)C2(CCC3(C)CC4C(C)=CC(=O)C4=C(CO)C(O)CC32)O1)CO. The van der Waals surface area contributed by atoms with Gasteiger partial charge in [0, 0.05) is 11.5 Å². The summed E-state index contributed by atoms with van der Waals surface area (Å²) in [6, 6.07) is 0. The van der Waals surface area contributed by atoms with Crippen LogP contribution in [0, 0.1) is 23.2 Å². The number of rotatable bonds is 3. The van der Waals surface area contributed by atoms with Crippen LogP contribution in [0.1, 0.15) is 59.8 Å². The quantitative estimate of drug-likeness (QED) is 0.616. The molecule has 0 bridgehead atoms. The number of ether oxygens (including phenoxy) is 1. The first-order valence-electron chi connectivity index (χ1n) is 11.4. The Morgan fingerprint density at radius 1 is 1.30 bits per heavy atom. The predicted octanol–water partition coefficient (Wildman–Crippen LogP) is 3.09. The van der Waals surface area contributed by atoms with Gasteiger partial charge in [0.2, 0.25) is 0 Å². The highest BCUT2D eigenvalue weighted by Crippen LogP contribution is 2.63. The molecule has 5 heteroatoms. The Hall–Kier alpha value is -1.27. The molecule has 4 rings (SSSR count). The summed E-state index contributed by atoms with van der Waals surface area (Å²) in [6.45, 7) is 8.22. The summed E-state index contributed by atoms with van der Waals surface area (Å²) < 4.78 is 6.74. The van der Waals surface area contributed by atoms with Crippen molar-refractivity contribution in [2.45, 2.75) is 77.6 Å². The Bertz CT molecular complexity index is 823. The molecular weight excluding hydrogens is 380 g/mol. The van der Waals surface area contributed by atoms with E-state index in [1.54, 1.807) is 6.08 Å². The Morgan fingerprint density at radius 2 is 2.03 bits per heavy atom. The second kappa shape index (κ2) is 7.70. The minimum atomic E-state index is -0.833. The summed E-state index contributed by atoms with van der Waals surface area (Å²) in [7, 11) is 0. The normalized spacial score (nSPS) is 44.2. The van der Waals surface area contributed by atoms with Gasteiger partial charge in [0.25, 0.3) is 0 Å². The average molecular weight is 417 g/mol. The lowest BCUT2D eigenvalue weighted by Gasteiger charge is -2.45. The second-order valence-corrected chi connectivity index (χ2v) is 10.5. The largest absolute Gasteiger partial charge is 0.392 e. The molecular formula is C25H36O5. The number of allylic oxidation sites excluding steroid dienone is 3. The summed E-state index contributed by atoms with van der Waals surface area (Å²) in [4.78, 5) is 12.7. The molecule has 5 nitrogen and oxygen atoms in total. The van der Waals surface area contributed by atoms with Gasteiger partial charge < -0.3 is 20.1 Å². The standard InChI is InChI=1S/C25H36O5/c1-14(12-26)7-17-9-16(3)25(30-17)6-5-24(4)11-18-15(2)8-21(29)23(18)19(13-27)20(28)10-22(24)25/h7-8,16-18,20,22,26-28H,5-6,9-13H2,1-4H3. The molecule has 3 N–H and O–H groups in total. The van der Waals surface area contributed by atoms with Gasteiger partial charge >= 0.3 is 0 Å². The van der Waals surface area contributed by atoms with Gasteiger partial charge in [-0.2, -0.15) is 0 Å². The molecule has 7 unspecified atom stereocenters. The zero-order chi connectivity index (χ0) is 21.8. The summed E-state index contributed by atoms with van der Waals surface area (Å²) in [6.07, 6.45) is 7.09. The molecule has 30 heavy (non-hydrogen) atoms. The molecule has 166 valence electrons. The van der Waals surface area contributed by atoms with E-state index in [0.29, 0.717) is 23.5 Å². The van der Waals surface area contributed by atoms with E-state index in [-0.39, 0.29) is 48.0 Å². The Balaban J connectivity index is 1.73. The van der Waals surface area contributed by atoms with Gasteiger partial charge in [0.05, 0.1) is 31.0 Å². The third-order valence-corrected chi connectivity index (χ3v) is 8.60. The van der Waals surface area contributed by atoms with E-state index in [1.807, 2.05) is 19.9 Å². The highest BCUT2D eigenvalue weighted by atomic mass is 16.5. The monoisotopic (exact) mass is 416 g/mol. The van der Waals surface area contributed by atoms with Crippen molar-refractivity contribution in [1.82, 2.24) is 0 Å². The molecule has 0 aromatic rings. The van der Waals surface area contributed by atoms with Gasteiger partial charge in [-0.05, 0) is 80.4 Å². The molecule has 0 amide bonds. The van der Waals surface area contributed by atoms with Crippen molar-refractivity contribution in [3.63, 3.8) is 0 Å². The van der Waals surface area contributed by atoms with E-state index in [1.165, 1.54) is 0 Å². The Kier molecular flexibility index (Phi) is 5.63. The number of hydrogen-bond acceptors (Lipinski definition) is 5. The van der Waals surface area contributed by atoms with Crippen molar-refractivity contribution in [1.29, 1.82) is 0 Å². The highest BCUT2D eigenvalue weighted by Gasteiger charge is 2.62. The number of ketones is 1. The minimum Gasteiger partial charge on any atom is -0.392 e. The third kappa shape index (κ3) is 3.26. The van der Waals surface area contributed by atoms with Crippen LogP contribution >= 0.6 is 0 Å². The second-order valence-electron chi connectivity index (χ2n) is 10.5. The van der Waals surface area contributed by atoms with E-state index in [4.69, 9.17) is 4.74 Å². The molecule has 4 aliphatic rings. The molecule has 2 fully saturated rings. The van der Waals surface area contributed by atoms with Crippen LogP contribution in [0.2, 0.25) is 0 Å². The van der Waals surface area contributed by atoms with Gasteiger partial charge in [-0.15, -0.1) is 0 Å². The van der Waals surface area contributed by atoms with Crippen molar-refractivity contribution in [2.24, 2.45) is 23.2 Å². The topological polar surface area (TPSA) is 87.0 Å². The average Bonchev–Trinajstić information content (AvgIpc) is 3.24. The number of hydrogen-bond donors (Lipinski definition) is 3. The highest BCUT2D eigenvalue weighted by molar-refractivity contribution is 6.08. The molecule has 0 aromatic carbocycles. The van der Waals surface area contributed by atoms with E-state index >= 15 is 0 Å². The van der Waals surface area contributed by atoms with Gasteiger partial charge in [-0.1, -0.05) is 25.5 Å². The fourth-order valence-electron chi connectivity index (χ4n) is 6.98. The van der Waals surface area contributed by atoms with Crippen LogP contribution < -0.4 is 0 Å². The van der Waals surface area contributed by atoms with Crippen LogP contribution in [0.5, 0.6) is 0 Å². The summed E-state index contributed by atoms with van der Waals surface area (Å²) in [5.41, 5.74) is 2.73. The molecule has 0 aromatic heterocycles. The molecule has 3 aliphatic carbocycles. The number of carbonyl (C=O) groups excluding carboxylic acids is 1. The van der Waals surface area contributed by atoms with Gasteiger partial charge in [-0.25, -0.2) is 0 Å². The van der Waals surface area contributed by atoms with Crippen molar-refractivity contribution in [2.75, 3.05) is 13.2 Å². The van der Waals surface area contributed by atoms with Crippen molar-refractivity contribution < 1.29 is 24.9 Å². The van der Waals surface area contributed by atoms with Gasteiger partial charge in [0.1, 0.15) is 0 Å². The lowest BCUT2D eigenvalue weighted by atomic mass is 9.62. The predicted molar refractivity (Wildman–Crippen MR) is 115 cm³/mol. The fraction of sp³-hybridized carbons (Fsp3) is 0.720. The van der Waals surface area contributed by atoms with Crippen molar-refractivity contribution in [3.8, 4) is 0 Å². The van der Waals surface area contributed by atoms with Crippen LogP contribution in [-0.4, -0.2) is 52.1 Å².